The number of nitrogens with zero attached hydrogens (tertiary/aromatic N) is 17. The highest BCUT2D eigenvalue weighted by Gasteiger charge is 2.31. The quantitative estimate of drug-likeness (QED) is 0.149. The van der Waals surface area contributed by atoms with E-state index in [1.807, 2.05) is 39.0 Å². The minimum Gasteiger partial charge on any atom is -0.369 e. The highest BCUT2D eigenvalue weighted by molar-refractivity contribution is 6.33. The number of rotatable bonds is 9. The van der Waals surface area contributed by atoms with Gasteiger partial charge in [0.2, 0.25) is 0 Å². The van der Waals surface area contributed by atoms with Crippen molar-refractivity contribution in [2.24, 2.45) is 0 Å². The summed E-state index contributed by atoms with van der Waals surface area (Å²) in [4.78, 5) is 40.5. The van der Waals surface area contributed by atoms with Crippen LogP contribution in [0.5, 0.6) is 0 Å². The van der Waals surface area contributed by atoms with E-state index < -0.39 is 0 Å². The summed E-state index contributed by atoms with van der Waals surface area (Å²) in [5.74, 6) is -0.184. The van der Waals surface area contributed by atoms with Crippen LogP contribution in [0.2, 0.25) is 10.0 Å². The predicted molar refractivity (Wildman–Crippen MR) is 600 cm³/mol. The van der Waals surface area contributed by atoms with E-state index >= 15 is 0 Å². The van der Waals surface area contributed by atoms with Crippen LogP contribution < -0.4 is 49.4 Å². The van der Waals surface area contributed by atoms with Crippen LogP contribution >= 0.6 is 23.2 Å². The zero-order chi connectivity index (χ0) is 101. The molecule has 9 aromatic rings. The summed E-state index contributed by atoms with van der Waals surface area (Å²) in [5, 5.41) is 5.14. The first-order valence-corrected chi connectivity index (χ1v) is 52.3. The highest BCUT2D eigenvalue weighted by atomic mass is 35.5. The molecule has 9 heterocycles. The van der Waals surface area contributed by atoms with Crippen LogP contribution in [0.15, 0.2) is 158 Å². The van der Waals surface area contributed by atoms with Crippen molar-refractivity contribution in [1.82, 2.24) is 44.5 Å². The SMILES string of the molecule is Cc1cc(C)c(N2CCN(C)CC2)c(C)c1.Cc1cc(C)c(N2CCN(C)CC2)c(Cl)c1.Cc1cc(C)c(N2CCN(C)CC2)c(F)c1.Cc1ccc(N2CCN(C)CC2)c(C)c1.Cc1ccc(N2CCN(C)CC2)c(Cl)c1.Cc1ccc(N2CCN(C)CC2)cc1.Cc1ccc(N2CCNCC2)c(C)c1.Cc1ccc(N2C[C@@H](C)N(C)[C@@H](C)C2)c(F)c1.Cc1ccc(N2C[C@@H](C)N(C)[C@@H](C)C2)cc1. The first-order chi connectivity index (χ1) is 66.1. The Morgan fingerprint density at radius 2 is 0.482 bits per heavy atom. The fourth-order valence-corrected chi connectivity index (χ4v) is 21.0. The van der Waals surface area contributed by atoms with E-state index in [0.717, 1.165) is 208 Å². The van der Waals surface area contributed by atoms with Gasteiger partial charge in [-0.25, -0.2) is 8.78 Å². The van der Waals surface area contributed by atoms with E-state index in [1.54, 1.807) is 12.1 Å². The summed E-state index contributed by atoms with van der Waals surface area (Å²) < 4.78 is 27.9. The van der Waals surface area contributed by atoms with Crippen molar-refractivity contribution < 1.29 is 8.78 Å². The molecule has 0 bridgehead atoms. The molecule has 0 amide bonds. The molecule has 0 aromatic heterocycles. The third-order valence-corrected chi connectivity index (χ3v) is 29.9. The molecule has 9 aromatic carbocycles. The van der Waals surface area contributed by atoms with E-state index in [2.05, 4.69) is 383 Å². The first-order valence-electron chi connectivity index (χ1n) is 51.6. The van der Waals surface area contributed by atoms with E-state index in [4.69, 9.17) is 23.2 Å². The summed E-state index contributed by atoms with van der Waals surface area (Å²) in [6.07, 6.45) is 0. The van der Waals surface area contributed by atoms with Crippen molar-refractivity contribution in [2.45, 2.75) is 156 Å². The number of benzene rings is 9. The fourth-order valence-electron chi connectivity index (χ4n) is 20.2. The summed E-state index contributed by atoms with van der Waals surface area (Å²) >= 11 is 12.6. The Morgan fingerprint density at radius 1 is 0.223 bits per heavy atom. The van der Waals surface area contributed by atoms with Crippen molar-refractivity contribution >= 4 is 74.4 Å². The molecular weight excluding hydrogens is 1770 g/mol. The molecule has 18 rings (SSSR count). The number of aryl methyl sites for hydroxylation is 15. The standard InChI is InChI=1S/C14H21FN2.2C14H22N2.C13H19ClN2.C13H19FN2.C13H20N2.C12H17ClN2.2C12H18N2/c1-10-5-6-14(13(15)7-10)17-8-11(2)16(4)12(3)9-17;1-11-9-12(2)14(13(3)10-11)16-7-5-15(4)6-8-16;1-11-5-7-14(8-6-11)16-9-12(2)15(4)13(3)10-16;2*1-10-8-11(2)13(12(14)9-10)16-6-4-15(3)5-7-16;1-11-4-5-13(12(2)10-11)15-8-6-14(3)7-9-15;1-10-3-4-12(11(13)9-10)15-7-5-14(2)6-8-15;1-11-3-5-12(6-4-11)14-9-7-13(2)8-10-14;1-10-3-4-12(11(2)9-10)14-7-5-13-6-8-14/h5-7,11-12H,8-9H2,1-4H3;9-10H,5-8H2,1-4H3;5-8,12-13H,9-10H2,1-4H3;2*8-9H,4-7H2,1-3H3;4-5,10H,6-9H2,1-3H3;3-4,9H,5-8H2,1-2H3;3-6H,7-10H2,1-2H3;3-4,9,13H,5-8H2,1-2H3/t11-,12+;;12-,13+;;;;;;. The predicted octanol–water partition coefficient (Wildman–Crippen LogP) is 20.4. The summed E-state index contributed by atoms with van der Waals surface area (Å²) in [6, 6.07) is 57.6. The maximum Gasteiger partial charge on any atom is 0.147 e. The average Bonchev–Trinajstić information content (AvgIpc) is 0.777. The van der Waals surface area contributed by atoms with Gasteiger partial charge in [0, 0.05) is 262 Å². The lowest BCUT2D eigenvalue weighted by molar-refractivity contribution is 0.169. The van der Waals surface area contributed by atoms with Gasteiger partial charge in [0.15, 0.2) is 0 Å². The average molecular weight is 1940 g/mol. The van der Waals surface area contributed by atoms with Crippen LogP contribution in [0.3, 0.4) is 0 Å². The van der Waals surface area contributed by atoms with Gasteiger partial charge < -0.3 is 78.8 Å². The number of hydrogen-bond donors (Lipinski definition) is 1. The summed E-state index contributed by atoms with van der Waals surface area (Å²) in [5.41, 5.74) is 30.0. The molecule has 0 saturated carbocycles. The molecule has 18 nitrogen and oxygen atoms in total. The monoisotopic (exact) mass is 1940 g/mol. The van der Waals surface area contributed by atoms with Crippen LogP contribution in [-0.4, -0.2) is 329 Å². The van der Waals surface area contributed by atoms with Crippen LogP contribution in [0.4, 0.5) is 60.0 Å². The van der Waals surface area contributed by atoms with Crippen molar-refractivity contribution in [3.05, 3.63) is 263 Å². The Labute approximate surface area is 850 Å². The fraction of sp³-hybridized carbons (Fsp3) is 0.538. The van der Waals surface area contributed by atoms with Gasteiger partial charge in [-0.2, -0.15) is 0 Å². The lowest BCUT2D eigenvalue weighted by atomic mass is 10.0. The third kappa shape index (κ3) is 34.2. The van der Waals surface area contributed by atoms with Gasteiger partial charge in [0.25, 0.3) is 0 Å². The maximum atomic E-state index is 13.9. The number of anilines is 9. The molecular formula is C117H176Cl2F2N18. The van der Waals surface area contributed by atoms with Gasteiger partial charge in [0.05, 0.1) is 32.8 Å². The maximum absolute atomic E-state index is 13.9. The Bertz CT molecular complexity index is 4870. The van der Waals surface area contributed by atoms with Gasteiger partial charge in [-0.3, -0.25) is 9.80 Å². The van der Waals surface area contributed by atoms with Crippen molar-refractivity contribution in [1.29, 1.82) is 0 Å². The van der Waals surface area contributed by atoms with Crippen LogP contribution in [0.1, 0.15) is 111 Å². The second-order valence-corrected chi connectivity index (χ2v) is 42.6. The lowest BCUT2D eigenvalue weighted by Gasteiger charge is -2.43. The molecule has 9 saturated heterocycles. The van der Waals surface area contributed by atoms with E-state index in [1.165, 1.54) is 146 Å². The van der Waals surface area contributed by atoms with Gasteiger partial charge in [-0.1, -0.05) is 136 Å². The van der Waals surface area contributed by atoms with Gasteiger partial charge in [-0.05, 0) is 316 Å². The van der Waals surface area contributed by atoms with E-state index in [0.29, 0.717) is 24.2 Å². The molecule has 762 valence electrons. The molecule has 1 N–H and O–H groups in total. The Morgan fingerprint density at radius 3 is 0.849 bits per heavy atom. The Hall–Kier alpha value is -8.74. The number of halogens is 4. The van der Waals surface area contributed by atoms with Crippen molar-refractivity contribution in [2.75, 3.05) is 310 Å². The number of nitrogens with one attached hydrogen (secondary N) is 1. The van der Waals surface area contributed by atoms with Crippen molar-refractivity contribution in [3.8, 4) is 0 Å². The number of piperazine rings is 9. The molecule has 0 spiro atoms. The van der Waals surface area contributed by atoms with Crippen LogP contribution in [-0.2, 0) is 0 Å². The van der Waals surface area contributed by atoms with Gasteiger partial charge >= 0.3 is 0 Å². The second kappa shape index (κ2) is 54.6. The Balaban J connectivity index is 0.000000161. The zero-order valence-corrected chi connectivity index (χ0v) is 92.1. The Kier molecular flexibility index (Phi) is 44.1. The molecule has 0 radical (unpaired) electrons. The van der Waals surface area contributed by atoms with Gasteiger partial charge in [-0.15, -0.1) is 0 Å². The minimum atomic E-state index is -0.103. The molecule has 9 fully saturated rings. The number of hydrogen-bond acceptors (Lipinski definition) is 18. The van der Waals surface area contributed by atoms with Crippen molar-refractivity contribution in [3.63, 3.8) is 0 Å². The molecule has 9 aliphatic rings. The smallest absolute Gasteiger partial charge is 0.147 e. The molecule has 4 atom stereocenters. The molecule has 139 heavy (non-hydrogen) atoms. The van der Waals surface area contributed by atoms with Crippen LogP contribution in [0.25, 0.3) is 0 Å². The molecule has 22 heteroatoms. The largest absolute Gasteiger partial charge is 0.369 e. The number of likely N-dealkylation sites (N-methyl/N-ethyl adjacent to an activating group) is 8. The van der Waals surface area contributed by atoms with Gasteiger partial charge in [0.1, 0.15) is 11.6 Å². The highest BCUT2D eigenvalue weighted by Crippen LogP contribution is 2.35. The van der Waals surface area contributed by atoms with Crippen LogP contribution in [0, 0.1) is 115 Å². The zero-order valence-electron chi connectivity index (χ0n) is 90.6. The topological polar surface area (TPSA) is 67.1 Å². The summed E-state index contributed by atoms with van der Waals surface area (Å²) in [7, 11) is 17.4. The lowest BCUT2D eigenvalue weighted by Crippen LogP contribution is -2.55. The first kappa shape index (κ1) is 112. The molecule has 0 unspecified atom stereocenters. The molecule has 0 aliphatic carbocycles. The van der Waals surface area contributed by atoms with E-state index in [9.17, 15) is 8.78 Å². The molecule has 9 aliphatic heterocycles. The minimum absolute atomic E-state index is 0.0814. The third-order valence-electron chi connectivity index (χ3n) is 29.3. The second-order valence-electron chi connectivity index (χ2n) is 41.7. The normalized spacial score (nSPS) is 20.0. The summed E-state index contributed by atoms with van der Waals surface area (Å²) in [6.45, 7) is 75.8. The van der Waals surface area contributed by atoms with E-state index in [-0.39, 0.29) is 11.6 Å².